The van der Waals surface area contributed by atoms with E-state index in [-0.39, 0.29) is 0 Å². The molecule has 3 nitrogen and oxygen atoms in total. The summed E-state index contributed by atoms with van der Waals surface area (Å²) in [6.45, 7) is 0.930. The van der Waals surface area contributed by atoms with Crippen molar-refractivity contribution >= 4 is 5.69 Å². The Hall–Kier alpha value is -1.22. The molecule has 2 rings (SSSR count). The van der Waals surface area contributed by atoms with E-state index in [1.54, 1.807) is 14.2 Å². The van der Waals surface area contributed by atoms with E-state index in [0.717, 1.165) is 24.4 Å². The molecule has 13 heavy (non-hydrogen) atoms. The third kappa shape index (κ3) is 1.35. The number of methoxy groups -OCH3 is 1. The van der Waals surface area contributed by atoms with Crippen molar-refractivity contribution in [2.45, 2.75) is 6.42 Å². The number of fused-ring (bicyclic) bond motifs is 1. The van der Waals surface area contributed by atoms with Gasteiger partial charge in [0.1, 0.15) is 5.75 Å². The number of benzene rings is 1. The van der Waals surface area contributed by atoms with Gasteiger partial charge in [-0.15, -0.1) is 0 Å². The molecular formula is C10H13NO2. The Morgan fingerprint density at radius 1 is 1.31 bits per heavy atom. The maximum Gasteiger partial charge on any atom is 0.121 e. The summed E-state index contributed by atoms with van der Waals surface area (Å²) in [7, 11) is 3.36. The Bertz CT molecular complexity index is 312. The number of rotatable bonds is 2. The van der Waals surface area contributed by atoms with E-state index < -0.39 is 0 Å². The number of ether oxygens (including phenoxy) is 1. The lowest BCUT2D eigenvalue weighted by Gasteiger charge is -2.15. The fourth-order valence-electron chi connectivity index (χ4n) is 1.65. The van der Waals surface area contributed by atoms with Crippen LogP contribution < -0.4 is 9.80 Å². The van der Waals surface area contributed by atoms with Crippen LogP contribution in [-0.4, -0.2) is 20.8 Å². The van der Waals surface area contributed by atoms with Gasteiger partial charge in [-0.25, -0.2) is 0 Å². The van der Waals surface area contributed by atoms with Crippen LogP contribution in [0.4, 0.5) is 5.69 Å². The Morgan fingerprint density at radius 3 is 2.85 bits per heavy atom. The summed E-state index contributed by atoms with van der Waals surface area (Å²) in [6, 6.07) is 6.08. The molecule has 0 saturated heterocycles. The number of anilines is 1. The topological polar surface area (TPSA) is 21.7 Å². The minimum absolute atomic E-state index is 0.878. The van der Waals surface area contributed by atoms with Crippen LogP contribution in [0.5, 0.6) is 5.75 Å². The van der Waals surface area contributed by atoms with Crippen molar-refractivity contribution in [2.24, 2.45) is 0 Å². The van der Waals surface area contributed by atoms with Crippen molar-refractivity contribution in [3.63, 3.8) is 0 Å². The first kappa shape index (κ1) is 8.38. The van der Waals surface area contributed by atoms with Crippen molar-refractivity contribution < 1.29 is 9.57 Å². The average Bonchev–Trinajstić information content (AvgIpc) is 2.59. The quantitative estimate of drug-likeness (QED) is 0.688. The van der Waals surface area contributed by atoms with Gasteiger partial charge < -0.3 is 4.74 Å². The molecule has 1 aromatic carbocycles. The smallest absolute Gasteiger partial charge is 0.121 e. The zero-order chi connectivity index (χ0) is 9.26. The SMILES string of the molecule is COc1ccc2c(c1)N(OC)CC2. The molecule has 1 aliphatic rings. The standard InChI is InChI=1S/C10H13NO2/c1-12-9-4-3-8-5-6-11(13-2)10(8)7-9/h3-4,7H,5-6H2,1-2H3. The molecule has 0 amide bonds. The lowest BCUT2D eigenvalue weighted by molar-refractivity contribution is 0.174. The molecule has 0 aliphatic carbocycles. The Morgan fingerprint density at radius 2 is 2.15 bits per heavy atom. The summed E-state index contributed by atoms with van der Waals surface area (Å²) in [4.78, 5) is 5.21. The fraction of sp³-hybridized carbons (Fsp3) is 0.400. The predicted octanol–water partition coefficient (Wildman–Crippen LogP) is 1.62. The van der Waals surface area contributed by atoms with E-state index in [4.69, 9.17) is 9.57 Å². The van der Waals surface area contributed by atoms with Crippen molar-refractivity contribution in [1.82, 2.24) is 0 Å². The molecule has 0 saturated carbocycles. The number of nitrogens with zero attached hydrogens (tertiary/aromatic N) is 1. The van der Waals surface area contributed by atoms with Gasteiger partial charge in [-0.3, -0.25) is 9.90 Å². The minimum Gasteiger partial charge on any atom is -0.497 e. The molecule has 3 heteroatoms. The first-order chi connectivity index (χ1) is 6.35. The second kappa shape index (κ2) is 3.26. The average molecular weight is 179 g/mol. The van der Waals surface area contributed by atoms with Gasteiger partial charge in [0.25, 0.3) is 0 Å². The van der Waals surface area contributed by atoms with Gasteiger partial charge in [0, 0.05) is 12.6 Å². The summed E-state index contributed by atoms with van der Waals surface area (Å²) < 4.78 is 5.15. The predicted molar refractivity (Wildman–Crippen MR) is 51.1 cm³/mol. The van der Waals surface area contributed by atoms with Crippen LogP contribution in [0.1, 0.15) is 5.56 Å². The highest BCUT2D eigenvalue weighted by molar-refractivity contribution is 5.59. The largest absolute Gasteiger partial charge is 0.497 e. The monoisotopic (exact) mass is 179 g/mol. The van der Waals surface area contributed by atoms with E-state index in [1.807, 2.05) is 17.2 Å². The van der Waals surface area contributed by atoms with E-state index in [9.17, 15) is 0 Å². The van der Waals surface area contributed by atoms with Crippen LogP contribution in [-0.2, 0) is 11.3 Å². The number of hydroxylamine groups is 1. The molecule has 1 aliphatic heterocycles. The Labute approximate surface area is 77.8 Å². The normalized spacial score (nSPS) is 14.5. The summed E-state index contributed by atoms with van der Waals surface area (Å²) in [5, 5.41) is 1.89. The summed E-state index contributed by atoms with van der Waals surface area (Å²) >= 11 is 0. The molecule has 0 fully saturated rings. The van der Waals surface area contributed by atoms with Crippen molar-refractivity contribution in [2.75, 3.05) is 25.8 Å². The fourth-order valence-corrected chi connectivity index (χ4v) is 1.65. The van der Waals surface area contributed by atoms with Gasteiger partial charge in [-0.1, -0.05) is 6.07 Å². The molecule has 70 valence electrons. The number of hydrogen-bond acceptors (Lipinski definition) is 3. The molecule has 0 unspecified atom stereocenters. The van der Waals surface area contributed by atoms with Crippen LogP contribution in [0.2, 0.25) is 0 Å². The van der Waals surface area contributed by atoms with Gasteiger partial charge in [-0.2, -0.15) is 0 Å². The van der Waals surface area contributed by atoms with Crippen molar-refractivity contribution in [3.8, 4) is 5.75 Å². The first-order valence-corrected chi connectivity index (χ1v) is 4.33. The highest BCUT2D eigenvalue weighted by Crippen LogP contribution is 2.31. The van der Waals surface area contributed by atoms with Crippen molar-refractivity contribution in [1.29, 1.82) is 0 Å². The Balaban J connectivity index is 2.37. The first-order valence-electron chi connectivity index (χ1n) is 4.33. The Kier molecular flexibility index (Phi) is 2.10. The lowest BCUT2D eigenvalue weighted by atomic mass is 10.1. The second-order valence-electron chi connectivity index (χ2n) is 3.03. The molecular weight excluding hydrogens is 166 g/mol. The van der Waals surface area contributed by atoms with E-state index in [1.165, 1.54) is 5.56 Å². The van der Waals surface area contributed by atoms with Crippen LogP contribution in [0.25, 0.3) is 0 Å². The van der Waals surface area contributed by atoms with Gasteiger partial charge in [0.05, 0.1) is 19.9 Å². The van der Waals surface area contributed by atoms with Gasteiger partial charge in [-0.05, 0) is 18.1 Å². The van der Waals surface area contributed by atoms with Gasteiger partial charge >= 0.3 is 0 Å². The zero-order valence-corrected chi connectivity index (χ0v) is 7.91. The molecule has 0 bridgehead atoms. The minimum atomic E-state index is 0.878. The van der Waals surface area contributed by atoms with Crippen molar-refractivity contribution in [3.05, 3.63) is 23.8 Å². The van der Waals surface area contributed by atoms with Crippen LogP contribution >= 0.6 is 0 Å². The highest BCUT2D eigenvalue weighted by atomic mass is 16.7. The highest BCUT2D eigenvalue weighted by Gasteiger charge is 2.18. The molecule has 0 atom stereocenters. The molecule has 0 radical (unpaired) electrons. The van der Waals surface area contributed by atoms with Gasteiger partial charge in [0.15, 0.2) is 0 Å². The second-order valence-corrected chi connectivity index (χ2v) is 3.03. The summed E-state index contributed by atoms with van der Waals surface area (Å²) in [5.41, 5.74) is 2.45. The van der Waals surface area contributed by atoms with Gasteiger partial charge in [0.2, 0.25) is 0 Å². The third-order valence-electron chi connectivity index (χ3n) is 2.37. The zero-order valence-electron chi connectivity index (χ0n) is 7.91. The maximum absolute atomic E-state index is 5.21. The summed E-state index contributed by atoms with van der Waals surface area (Å²) in [6.07, 6.45) is 1.05. The molecule has 0 spiro atoms. The van der Waals surface area contributed by atoms with E-state index in [2.05, 4.69) is 6.07 Å². The molecule has 0 N–H and O–H groups in total. The number of hydrogen-bond donors (Lipinski definition) is 0. The van der Waals surface area contributed by atoms with E-state index >= 15 is 0 Å². The summed E-state index contributed by atoms with van der Waals surface area (Å²) in [5.74, 6) is 0.878. The lowest BCUT2D eigenvalue weighted by Crippen LogP contribution is -2.17. The molecule has 1 aromatic rings. The maximum atomic E-state index is 5.21. The van der Waals surface area contributed by atoms with E-state index in [0.29, 0.717) is 0 Å². The van der Waals surface area contributed by atoms with Crippen LogP contribution in [0.15, 0.2) is 18.2 Å². The van der Waals surface area contributed by atoms with Crippen LogP contribution in [0.3, 0.4) is 0 Å². The van der Waals surface area contributed by atoms with Crippen LogP contribution in [0, 0.1) is 0 Å². The third-order valence-corrected chi connectivity index (χ3v) is 2.37. The molecule has 1 heterocycles. The molecule has 0 aromatic heterocycles.